The number of rotatable bonds is 7. The first-order chi connectivity index (χ1) is 13.1. The average Bonchev–Trinajstić information content (AvgIpc) is 2.60. The molecule has 0 aromatic heterocycles. The van der Waals surface area contributed by atoms with E-state index in [-0.39, 0.29) is 22.8 Å². The van der Waals surface area contributed by atoms with Gasteiger partial charge in [-0.3, -0.25) is 10.1 Å². The normalized spacial score (nSPS) is 17.4. The predicted molar refractivity (Wildman–Crippen MR) is 109 cm³/mol. The summed E-state index contributed by atoms with van der Waals surface area (Å²) in [5.41, 5.74) is 1.24. The van der Waals surface area contributed by atoms with Gasteiger partial charge in [0.05, 0.1) is 27.9 Å². The van der Waals surface area contributed by atoms with Crippen LogP contribution < -0.4 is 5.32 Å². The van der Waals surface area contributed by atoms with E-state index in [4.69, 9.17) is 4.74 Å². The Kier molecular flexibility index (Phi) is 6.89. The first kappa shape index (κ1) is 22.0. The number of esters is 1. The average molecular weight is 427 g/mol. The minimum Gasteiger partial charge on any atom is -0.463 e. The van der Waals surface area contributed by atoms with Crippen LogP contribution in [0.3, 0.4) is 0 Å². The van der Waals surface area contributed by atoms with Crippen molar-refractivity contribution in [3.63, 3.8) is 0 Å². The Hall–Kier alpha value is -2.33. The Morgan fingerprint density at radius 3 is 2.61 bits per heavy atom. The molecular formula is C18H22N2O6S2. The number of carbonyl (C=O) groups is 1. The van der Waals surface area contributed by atoms with Gasteiger partial charge in [-0.1, -0.05) is 12.1 Å². The fourth-order valence-corrected chi connectivity index (χ4v) is 5.02. The molecule has 1 atom stereocenters. The van der Waals surface area contributed by atoms with E-state index >= 15 is 0 Å². The van der Waals surface area contributed by atoms with Crippen LogP contribution in [0, 0.1) is 10.1 Å². The Morgan fingerprint density at radius 2 is 2.07 bits per heavy atom. The largest absolute Gasteiger partial charge is 0.463 e. The maximum absolute atomic E-state index is 12.8. The molecule has 10 heteroatoms. The Bertz CT molecular complexity index is 966. The molecule has 1 aromatic carbocycles. The summed E-state index contributed by atoms with van der Waals surface area (Å²) in [5.74, 6) is -1.21. The lowest BCUT2D eigenvalue weighted by Gasteiger charge is -2.31. The summed E-state index contributed by atoms with van der Waals surface area (Å²) in [5, 5.41) is 14.2. The first-order valence-corrected chi connectivity index (χ1v) is 11.7. The third-order valence-corrected chi connectivity index (χ3v) is 6.10. The van der Waals surface area contributed by atoms with Crippen molar-refractivity contribution in [2.45, 2.75) is 19.8 Å². The molecular weight excluding hydrogens is 404 g/mol. The molecule has 1 aromatic rings. The smallest absolute Gasteiger partial charge is 0.336 e. The number of non-ortho nitro benzene ring substituents is 1. The fraction of sp³-hybridized carbons (Fsp3) is 0.389. The van der Waals surface area contributed by atoms with Crippen LogP contribution in [0.25, 0.3) is 0 Å². The van der Waals surface area contributed by atoms with Crippen molar-refractivity contribution in [1.29, 1.82) is 0 Å². The highest BCUT2D eigenvalue weighted by molar-refractivity contribution is 7.98. The van der Waals surface area contributed by atoms with E-state index in [2.05, 4.69) is 5.32 Å². The Balaban J connectivity index is 2.82. The number of benzene rings is 1. The summed E-state index contributed by atoms with van der Waals surface area (Å²) in [6.45, 7) is 3.39. The van der Waals surface area contributed by atoms with Gasteiger partial charge in [-0.15, -0.1) is 0 Å². The number of nitro groups is 1. The van der Waals surface area contributed by atoms with Crippen molar-refractivity contribution in [3.8, 4) is 0 Å². The molecule has 1 N–H and O–H groups in total. The topological polar surface area (TPSA) is 116 Å². The highest BCUT2D eigenvalue weighted by atomic mass is 32.2. The number of thioether (sulfide) groups is 1. The van der Waals surface area contributed by atoms with Crippen molar-refractivity contribution in [1.82, 2.24) is 5.32 Å². The summed E-state index contributed by atoms with van der Waals surface area (Å²) >= 11 is 1.46. The highest BCUT2D eigenvalue weighted by Crippen LogP contribution is 2.42. The van der Waals surface area contributed by atoms with Gasteiger partial charge in [0.25, 0.3) is 5.69 Å². The number of allylic oxidation sites excluding steroid dienone is 2. The third kappa shape index (κ3) is 4.56. The molecule has 0 saturated carbocycles. The summed E-state index contributed by atoms with van der Waals surface area (Å²) < 4.78 is 30.3. The van der Waals surface area contributed by atoms with Gasteiger partial charge >= 0.3 is 5.97 Å². The summed E-state index contributed by atoms with van der Waals surface area (Å²) in [6, 6.07) is 5.67. The highest BCUT2D eigenvalue weighted by Gasteiger charge is 2.39. The van der Waals surface area contributed by atoms with E-state index < -0.39 is 26.6 Å². The molecule has 152 valence electrons. The standard InChI is InChI=1S/C18H22N2O6S2/c1-5-26-18(21)16-14(10-27-3)19-11(2)17(28(4,24)25)15(16)12-7-6-8-13(9-12)20(22)23/h6-9,15,19H,5,10H2,1-4H3. The van der Waals surface area contributed by atoms with Gasteiger partial charge in [-0.25, -0.2) is 13.2 Å². The van der Waals surface area contributed by atoms with Crippen LogP contribution in [-0.2, 0) is 19.4 Å². The molecule has 0 fully saturated rings. The van der Waals surface area contributed by atoms with Crippen LogP contribution >= 0.6 is 11.8 Å². The van der Waals surface area contributed by atoms with Crippen LogP contribution in [0.15, 0.2) is 46.1 Å². The number of hydrogen-bond acceptors (Lipinski definition) is 8. The third-order valence-electron chi connectivity index (χ3n) is 4.18. The lowest BCUT2D eigenvalue weighted by atomic mass is 9.86. The van der Waals surface area contributed by atoms with Crippen molar-refractivity contribution in [3.05, 3.63) is 61.8 Å². The fourth-order valence-electron chi connectivity index (χ4n) is 3.21. The van der Waals surface area contributed by atoms with Crippen LogP contribution in [0.4, 0.5) is 5.69 Å². The zero-order valence-corrected chi connectivity index (χ0v) is 17.6. The second-order valence-corrected chi connectivity index (χ2v) is 9.07. The molecule has 0 amide bonds. The molecule has 1 aliphatic heterocycles. The van der Waals surface area contributed by atoms with Crippen LogP contribution in [0.1, 0.15) is 25.3 Å². The van der Waals surface area contributed by atoms with Crippen LogP contribution in [0.2, 0.25) is 0 Å². The number of carbonyl (C=O) groups excluding carboxylic acids is 1. The van der Waals surface area contributed by atoms with Gasteiger partial charge in [0.1, 0.15) is 0 Å². The SMILES string of the molecule is CCOC(=O)C1=C(CSC)NC(C)=C(S(C)(=O)=O)C1c1cccc([N+](=O)[O-])c1. The molecule has 1 aliphatic rings. The molecule has 0 saturated heterocycles. The maximum Gasteiger partial charge on any atom is 0.336 e. The van der Waals surface area contributed by atoms with E-state index in [1.54, 1.807) is 19.9 Å². The molecule has 8 nitrogen and oxygen atoms in total. The summed E-state index contributed by atoms with van der Waals surface area (Å²) in [6.07, 6.45) is 2.91. The van der Waals surface area contributed by atoms with Gasteiger partial charge < -0.3 is 10.1 Å². The monoisotopic (exact) mass is 426 g/mol. The van der Waals surface area contributed by atoms with Gasteiger partial charge in [0.15, 0.2) is 9.84 Å². The van der Waals surface area contributed by atoms with Gasteiger partial charge in [-0.05, 0) is 25.7 Å². The molecule has 0 bridgehead atoms. The molecule has 0 aliphatic carbocycles. The molecule has 0 spiro atoms. The Labute approximate surface area is 168 Å². The number of nitrogens with zero attached hydrogens (tertiary/aromatic N) is 1. The quantitative estimate of drug-likeness (QED) is 0.402. The zero-order chi connectivity index (χ0) is 21.1. The molecule has 1 heterocycles. The number of nitro benzene ring substituents is 1. The zero-order valence-electron chi connectivity index (χ0n) is 16.0. The lowest BCUT2D eigenvalue weighted by molar-refractivity contribution is -0.384. The minimum absolute atomic E-state index is 0.000837. The minimum atomic E-state index is -3.73. The molecule has 28 heavy (non-hydrogen) atoms. The van der Waals surface area contributed by atoms with E-state index in [0.717, 1.165) is 6.26 Å². The number of nitrogens with one attached hydrogen (secondary N) is 1. The van der Waals surface area contributed by atoms with Gasteiger partial charge in [-0.2, -0.15) is 11.8 Å². The second kappa shape index (κ2) is 8.78. The Morgan fingerprint density at radius 1 is 1.39 bits per heavy atom. The number of ether oxygens (including phenoxy) is 1. The van der Waals surface area contributed by atoms with E-state index in [1.807, 2.05) is 6.26 Å². The van der Waals surface area contributed by atoms with Gasteiger partial charge in [0, 0.05) is 35.5 Å². The van der Waals surface area contributed by atoms with Crippen molar-refractivity contribution in [2.24, 2.45) is 0 Å². The maximum atomic E-state index is 12.8. The molecule has 2 rings (SSSR count). The van der Waals surface area contributed by atoms with Gasteiger partial charge in [0.2, 0.25) is 0 Å². The number of hydrogen-bond donors (Lipinski definition) is 1. The van der Waals surface area contributed by atoms with Crippen LogP contribution in [0.5, 0.6) is 0 Å². The van der Waals surface area contributed by atoms with Crippen molar-refractivity contribution >= 4 is 33.3 Å². The van der Waals surface area contributed by atoms with Crippen molar-refractivity contribution < 1.29 is 22.9 Å². The molecule has 0 radical (unpaired) electrons. The lowest BCUT2D eigenvalue weighted by Crippen LogP contribution is -2.33. The first-order valence-electron chi connectivity index (χ1n) is 8.43. The second-order valence-electron chi connectivity index (χ2n) is 6.22. The number of sulfone groups is 1. The summed E-state index contributed by atoms with van der Waals surface area (Å²) in [7, 11) is -3.73. The van der Waals surface area contributed by atoms with Crippen molar-refractivity contribution in [2.75, 3.05) is 24.9 Å². The van der Waals surface area contributed by atoms with E-state index in [1.165, 1.54) is 30.0 Å². The van der Waals surface area contributed by atoms with E-state index in [9.17, 15) is 23.3 Å². The molecule has 1 unspecified atom stereocenters. The van der Waals surface area contributed by atoms with E-state index in [0.29, 0.717) is 22.7 Å². The summed E-state index contributed by atoms with van der Waals surface area (Å²) in [4.78, 5) is 23.4. The van der Waals surface area contributed by atoms with Crippen LogP contribution in [-0.4, -0.2) is 44.2 Å². The number of dihydropyridines is 1. The predicted octanol–water partition coefficient (Wildman–Crippen LogP) is 2.74.